The van der Waals surface area contributed by atoms with Crippen LogP contribution in [-0.4, -0.2) is 35.4 Å². The number of carbonyl (C=O) groups is 2. The molecule has 0 spiro atoms. The summed E-state index contributed by atoms with van der Waals surface area (Å²) in [6.45, 7) is 0. The second-order valence-corrected chi connectivity index (χ2v) is 8.40. The van der Waals surface area contributed by atoms with Crippen LogP contribution >= 0.6 is 46.6 Å². The Bertz CT molecular complexity index is 979. The van der Waals surface area contributed by atoms with Gasteiger partial charge in [-0.15, -0.1) is 0 Å². The summed E-state index contributed by atoms with van der Waals surface area (Å²) in [6, 6.07) is 12.3. The molecule has 2 amide bonds. The first-order valence-electron chi connectivity index (χ1n) is 8.00. The fraction of sp³-hybridized carbons (Fsp3) is 0.105. The maximum Gasteiger partial charge on any atom is 0.285 e. The smallest absolute Gasteiger partial charge is 0.285 e. The third-order valence-electron chi connectivity index (χ3n) is 3.80. The van der Waals surface area contributed by atoms with Crippen molar-refractivity contribution in [1.29, 1.82) is 0 Å². The van der Waals surface area contributed by atoms with Crippen LogP contribution in [0.1, 0.15) is 15.9 Å². The number of hydrazine groups is 1. The molecule has 9 heteroatoms. The van der Waals surface area contributed by atoms with E-state index >= 15 is 0 Å². The highest BCUT2D eigenvalue weighted by molar-refractivity contribution is 14.1. The van der Waals surface area contributed by atoms with Crippen LogP contribution in [0.4, 0.5) is 0 Å². The summed E-state index contributed by atoms with van der Waals surface area (Å²) >= 11 is 8.52. The van der Waals surface area contributed by atoms with Crippen LogP contribution in [0.2, 0.25) is 0 Å². The number of halogens is 1. The molecule has 0 radical (unpaired) electrons. The van der Waals surface area contributed by atoms with Gasteiger partial charge in [-0.25, -0.2) is 0 Å². The first-order chi connectivity index (χ1) is 13.4. The average molecular weight is 526 g/mol. The SMILES string of the molecule is COc1cc(/C=C2/SC(=S)N(NC(=O)c3ccccc3)C2=O)cc(I)c1OC. The summed E-state index contributed by atoms with van der Waals surface area (Å²) in [7, 11) is 3.12. The minimum Gasteiger partial charge on any atom is -0.493 e. The highest BCUT2D eigenvalue weighted by Gasteiger charge is 2.33. The third kappa shape index (κ3) is 4.31. The third-order valence-corrected chi connectivity index (χ3v) is 5.90. The summed E-state index contributed by atoms with van der Waals surface area (Å²) in [5.74, 6) is 0.402. The topological polar surface area (TPSA) is 67.9 Å². The lowest BCUT2D eigenvalue weighted by atomic mass is 10.2. The molecular weight excluding hydrogens is 511 g/mol. The Hall–Kier alpha value is -2.11. The van der Waals surface area contributed by atoms with Crippen LogP contribution in [-0.2, 0) is 4.79 Å². The van der Waals surface area contributed by atoms with Crippen molar-refractivity contribution in [1.82, 2.24) is 10.4 Å². The van der Waals surface area contributed by atoms with Crippen molar-refractivity contribution >= 4 is 68.8 Å². The van der Waals surface area contributed by atoms with E-state index in [2.05, 4.69) is 28.0 Å². The quantitative estimate of drug-likeness (QED) is 0.363. The second-order valence-electron chi connectivity index (χ2n) is 5.56. The highest BCUT2D eigenvalue weighted by atomic mass is 127. The van der Waals surface area contributed by atoms with Gasteiger partial charge >= 0.3 is 0 Å². The number of benzene rings is 2. The number of rotatable bonds is 5. The molecule has 1 saturated heterocycles. The van der Waals surface area contributed by atoms with Crippen LogP contribution in [0, 0.1) is 3.57 Å². The van der Waals surface area contributed by atoms with Crippen molar-refractivity contribution in [3.8, 4) is 11.5 Å². The van der Waals surface area contributed by atoms with Crippen molar-refractivity contribution in [2.75, 3.05) is 14.2 Å². The largest absolute Gasteiger partial charge is 0.493 e. The zero-order valence-corrected chi connectivity index (χ0v) is 18.7. The van der Waals surface area contributed by atoms with Gasteiger partial charge in [-0.2, -0.15) is 5.01 Å². The molecule has 3 rings (SSSR count). The van der Waals surface area contributed by atoms with E-state index in [1.165, 1.54) is 0 Å². The summed E-state index contributed by atoms with van der Waals surface area (Å²) in [5.41, 5.74) is 3.76. The average Bonchev–Trinajstić information content (AvgIpc) is 2.95. The van der Waals surface area contributed by atoms with Gasteiger partial charge in [-0.1, -0.05) is 30.0 Å². The Morgan fingerprint density at radius 2 is 1.93 bits per heavy atom. The molecule has 0 bridgehead atoms. The monoisotopic (exact) mass is 526 g/mol. The summed E-state index contributed by atoms with van der Waals surface area (Å²) < 4.78 is 11.8. The first-order valence-corrected chi connectivity index (χ1v) is 10.3. The fourth-order valence-electron chi connectivity index (χ4n) is 2.49. The molecule has 144 valence electrons. The molecule has 1 aliphatic heterocycles. The summed E-state index contributed by atoms with van der Waals surface area (Å²) in [6.07, 6.45) is 1.71. The van der Waals surface area contributed by atoms with Gasteiger partial charge in [0, 0.05) is 5.56 Å². The normalized spacial score (nSPS) is 15.1. The Kier molecular flexibility index (Phi) is 6.57. The molecule has 0 aliphatic carbocycles. The molecule has 2 aromatic carbocycles. The maximum absolute atomic E-state index is 12.7. The number of amides is 2. The zero-order valence-electron chi connectivity index (χ0n) is 14.9. The van der Waals surface area contributed by atoms with E-state index in [0.717, 1.165) is 25.9 Å². The molecule has 1 N–H and O–H groups in total. The summed E-state index contributed by atoms with van der Waals surface area (Å²) in [5, 5.41) is 1.09. The molecule has 0 atom stereocenters. The van der Waals surface area contributed by atoms with Crippen LogP contribution in [0.3, 0.4) is 0 Å². The van der Waals surface area contributed by atoms with E-state index in [0.29, 0.717) is 22.0 Å². The van der Waals surface area contributed by atoms with Crippen molar-refractivity contribution in [2.45, 2.75) is 0 Å². The summed E-state index contributed by atoms with van der Waals surface area (Å²) in [4.78, 5) is 25.5. The van der Waals surface area contributed by atoms with Crippen molar-refractivity contribution in [3.05, 3.63) is 62.1 Å². The van der Waals surface area contributed by atoms with Gasteiger partial charge in [0.25, 0.3) is 11.8 Å². The lowest BCUT2D eigenvalue weighted by Crippen LogP contribution is -2.44. The van der Waals surface area contributed by atoms with Crippen molar-refractivity contribution in [2.24, 2.45) is 0 Å². The number of thiocarbonyl (C=S) groups is 1. The Labute approximate surface area is 185 Å². The van der Waals surface area contributed by atoms with Gasteiger partial charge in [-0.3, -0.25) is 15.0 Å². The molecule has 2 aromatic rings. The molecule has 1 heterocycles. The number of nitrogens with one attached hydrogen (secondary N) is 1. The highest BCUT2D eigenvalue weighted by Crippen LogP contribution is 2.36. The number of thioether (sulfide) groups is 1. The number of ether oxygens (including phenoxy) is 2. The zero-order chi connectivity index (χ0) is 20.3. The number of carbonyl (C=O) groups excluding carboxylic acids is 2. The van der Waals surface area contributed by atoms with Crippen LogP contribution < -0.4 is 14.9 Å². The van der Waals surface area contributed by atoms with Crippen molar-refractivity contribution < 1.29 is 19.1 Å². The predicted molar refractivity (Wildman–Crippen MR) is 121 cm³/mol. The van der Waals surface area contributed by atoms with Gasteiger partial charge < -0.3 is 9.47 Å². The van der Waals surface area contributed by atoms with Crippen LogP contribution in [0.25, 0.3) is 6.08 Å². The molecule has 0 aromatic heterocycles. The van der Waals surface area contributed by atoms with E-state index in [1.54, 1.807) is 50.6 Å². The minimum absolute atomic E-state index is 0.260. The molecular formula is C19H15IN2O4S2. The first kappa shape index (κ1) is 20.6. The van der Waals surface area contributed by atoms with E-state index in [-0.39, 0.29) is 10.2 Å². The number of hydrogen-bond donors (Lipinski definition) is 1. The number of nitrogens with zero attached hydrogens (tertiary/aromatic N) is 1. The van der Waals surface area contributed by atoms with Gasteiger partial charge in [0.1, 0.15) is 0 Å². The van der Waals surface area contributed by atoms with E-state index < -0.39 is 5.91 Å². The van der Waals surface area contributed by atoms with Gasteiger partial charge in [0.2, 0.25) is 0 Å². The number of hydrogen-bond acceptors (Lipinski definition) is 6. The fourth-order valence-corrected chi connectivity index (χ4v) is 4.52. The maximum atomic E-state index is 12.7. The molecule has 0 unspecified atom stereocenters. The van der Waals surface area contributed by atoms with Crippen LogP contribution in [0.5, 0.6) is 11.5 Å². The lowest BCUT2D eigenvalue weighted by Gasteiger charge is -2.15. The lowest BCUT2D eigenvalue weighted by molar-refractivity contribution is -0.123. The Morgan fingerprint density at radius 3 is 2.57 bits per heavy atom. The standard InChI is InChI=1S/C19H15IN2O4S2/c1-25-14-9-11(8-13(20)16(14)26-2)10-15-18(24)22(19(27)28-15)21-17(23)12-6-4-3-5-7-12/h3-10H,1-2H3,(H,21,23)/b15-10+. The van der Waals surface area contributed by atoms with Gasteiger partial charge in [0.15, 0.2) is 15.8 Å². The van der Waals surface area contributed by atoms with E-state index in [1.807, 2.05) is 12.1 Å². The molecule has 28 heavy (non-hydrogen) atoms. The van der Waals surface area contributed by atoms with Crippen molar-refractivity contribution in [3.63, 3.8) is 0 Å². The van der Waals surface area contributed by atoms with Crippen LogP contribution in [0.15, 0.2) is 47.4 Å². The van der Waals surface area contributed by atoms with Gasteiger partial charge in [-0.05, 0) is 70.7 Å². The molecule has 6 nitrogen and oxygen atoms in total. The van der Waals surface area contributed by atoms with E-state index in [4.69, 9.17) is 21.7 Å². The van der Waals surface area contributed by atoms with Gasteiger partial charge in [0.05, 0.1) is 22.7 Å². The predicted octanol–water partition coefficient (Wildman–Crippen LogP) is 3.85. The molecule has 0 saturated carbocycles. The Morgan fingerprint density at radius 1 is 1.21 bits per heavy atom. The molecule has 1 fully saturated rings. The number of methoxy groups -OCH3 is 2. The second kappa shape index (κ2) is 8.93. The minimum atomic E-state index is -0.404. The van der Waals surface area contributed by atoms with E-state index in [9.17, 15) is 9.59 Å². The Balaban J connectivity index is 1.83. The molecule has 1 aliphatic rings.